The summed E-state index contributed by atoms with van der Waals surface area (Å²) in [5.41, 5.74) is 5.40. The van der Waals surface area contributed by atoms with Gasteiger partial charge >= 0.3 is 19.8 Å². The summed E-state index contributed by atoms with van der Waals surface area (Å²) in [4.78, 5) is 35.3. The third-order valence-corrected chi connectivity index (χ3v) is 17.4. The van der Waals surface area contributed by atoms with Crippen molar-refractivity contribution in [2.75, 3.05) is 26.4 Å². The molecule has 0 aromatic heterocycles. The Bertz CT molecular complexity index is 1320. The number of unbranched alkanes of at least 4 members (excludes halogenated alkanes) is 54. The first-order valence-electron chi connectivity index (χ1n) is 35.7. The predicted octanol–water partition coefficient (Wildman–Crippen LogP) is 23.1. The molecule has 0 spiro atoms. The minimum Gasteiger partial charge on any atom is -0.462 e. The molecule has 0 aliphatic heterocycles. The van der Waals surface area contributed by atoms with Crippen LogP contribution >= 0.6 is 7.82 Å². The van der Waals surface area contributed by atoms with Crippen LogP contribution in [0.3, 0.4) is 0 Å². The molecule has 0 aliphatic rings. The van der Waals surface area contributed by atoms with Crippen LogP contribution in [0.4, 0.5) is 0 Å². The molecule has 0 amide bonds. The minimum atomic E-state index is -4.38. The molecule has 2 atom stereocenters. The summed E-state index contributed by atoms with van der Waals surface area (Å²) in [6.07, 6.45) is 80.5. The van der Waals surface area contributed by atoms with Crippen LogP contribution in [0.25, 0.3) is 0 Å². The fourth-order valence-electron chi connectivity index (χ4n) is 11.1. The summed E-state index contributed by atoms with van der Waals surface area (Å²) in [5, 5.41) is 0. The fraction of sp³-hybridized carbons (Fsp3) is 0.943. The Kier molecular flexibility index (Phi) is 65.8. The highest BCUT2D eigenvalue weighted by molar-refractivity contribution is 7.47. The molecule has 0 aliphatic carbocycles. The first-order valence-corrected chi connectivity index (χ1v) is 37.2. The largest absolute Gasteiger partial charge is 0.472 e. The lowest BCUT2D eigenvalue weighted by Crippen LogP contribution is -2.29. The van der Waals surface area contributed by atoms with Gasteiger partial charge in [-0.05, 0) is 38.5 Å². The van der Waals surface area contributed by atoms with Gasteiger partial charge in [0.1, 0.15) is 6.61 Å². The molecule has 3 N–H and O–H groups in total. The number of esters is 2. The van der Waals surface area contributed by atoms with Crippen LogP contribution in [0.5, 0.6) is 0 Å². The van der Waals surface area contributed by atoms with Gasteiger partial charge < -0.3 is 20.1 Å². The Hall–Kier alpha value is -1.25. The van der Waals surface area contributed by atoms with Crippen LogP contribution in [0, 0.1) is 0 Å². The highest BCUT2D eigenvalue weighted by atomic mass is 31.2. The molecule has 0 saturated heterocycles. The molecular weight excluding hydrogens is 1010 g/mol. The van der Waals surface area contributed by atoms with Crippen molar-refractivity contribution in [1.82, 2.24) is 0 Å². The zero-order valence-corrected chi connectivity index (χ0v) is 54.5. The second-order valence-electron chi connectivity index (χ2n) is 24.5. The summed E-state index contributed by atoms with van der Waals surface area (Å²) in [6.45, 7) is 3.83. The number of allylic oxidation sites excluding steroid dienone is 2. The first kappa shape index (κ1) is 78.8. The van der Waals surface area contributed by atoms with E-state index in [2.05, 4.69) is 26.0 Å². The number of phosphoric acid groups is 1. The monoisotopic (exact) mass is 1150 g/mol. The number of carbonyl (C=O) groups excluding carboxylic acids is 2. The molecule has 0 saturated carbocycles. The second kappa shape index (κ2) is 66.9. The number of carbonyl (C=O) groups is 2. The van der Waals surface area contributed by atoms with Gasteiger partial charge in [-0.15, -0.1) is 0 Å². The Labute approximate surface area is 498 Å². The van der Waals surface area contributed by atoms with Crippen LogP contribution in [-0.4, -0.2) is 49.3 Å². The van der Waals surface area contributed by atoms with E-state index in [4.69, 9.17) is 24.3 Å². The molecule has 10 heteroatoms. The molecule has 0 radical (unpaired) electrons. The Morgan fingerprint density at radius 1 is 0.362 bits per heavy atom. The molecular formula is C70H138NO8P. The van der Waals surface area contributed by atoms with Gasteiger partial charge in [0.25, 0.3) is 0 Å². The van der Waals surface area contributed by atoms with E-state index in [0.29, 0.717) is 6.42 Å². The number of rotatable bonds is 69. The Balaban J connectivity index is 3.73. The van der Waals surface area contributed by atoms with E-state index in [1.807, 2.05) is 0 Å². The van der Waals surface area contributed by atoms with Gasteiger partial charge in [0, 0.05) is 19.4 Å². The van der Waals surface area contributed by atoms with Crippen molar-refractivity contribution in [3.63, 3.8) is 0 Å². The van der Waals surface area contributed by atoms with Crippen LogP contribution in [0.1, 0.15) is 393 Å². The number of phosphoric ester groups is 1. The third-order valence-electron chi connectivity index (χ3n) is 16.4. The molecule has 0 aromatic rings. The molecule has 0 bridgehead atoms. The molecule has 0 aromatic carbocycles. The van der Waals surface area contributed by atoms with Crippen molar-refractivity contribution >= 4 is 19.8 Å². The van der Waals surface area contributed by atoms with Crippen LogP contribution in [-0.2, 0) is 32.7 Å². The zero-order valence-electron chi connectivity index (χ0n) is 53.6. The molecule has 2 unspecified atom stereocenters. The van der Waals surface area contributed by atoms with Crippen molar-refractivity contribution in [2.24, 2.45) is 5.73 Å². The number of hydrogen-bond donors (Lipinski definition) is 2. The van der Waals surface area contributed by atoms with Gasteiger partial charge in [0.15, 0.2) is 6.10 Å². The normalized spacial score (nSPS) is 12.9. The van der Waals surface area contributed by atoms with Crippen LogP contribution < -0.4 is 5.73 Å². The van der Waals surface area contributed by atoms with Gasteiger partial charge in [0.2, 0.25) is 0 Å². The van der Waals surface area contributed by atoms with E-state index in [9.17, 15) is 19.0 Å². The van der Waals surface area contributed by atoms with Crippen molar-refractivity contribution in [2.45, 2.75) is 399 Å². The molecule has 476 valence electrons. The lowest BCUT2D eigenvalue weighted by atomic mass is 10.0. The quantitative estimate of drug-likeness (QED) is 0.0264. The van der Waals surface area contributed by atoms with Gasteiger partial charge in [0.05, 0.1) is 13.2 Å². The Morgan fingerprint density at radius 3 is 0.887 bits per heavy atom. The van der Waals surface area contributed by atoms with Crippen molar-refractivity contribution in [3.8, 4) is 0 Å². The first-order chi connectivity index (χ1) is 39.3. The topological polar surface area (TPSA) is 134 Å². The molecule has 0 rings (SSSR count). The zero-order chi connectivity index (χ0) is 58.0. The highest BCUT2D eigenvalue weighted by Gasteiger charge is 2.26. The fourth-order valence-corrected chi connectivity index (χ4v) is 11.9. The van der Waals surface area contributed by atoms with Gasteiger partial charge in [-0.2, -0.15) is 0 Å². The van der Waals surface area contributed by atoms with E-state index >= 15 is 0 Å². The lowest BCUT2D eigenvalue weighted by molar-refractivity contribution is -0.161. The van der Waals surface area contributed by atoms with E-state index in [1.54, 1.807) is 0 Å². The number of hydrogen-bond acceptors (Lipinski definition) is 8. The van der Waals surface area contributed by atoms with Gasteiger partial charge in [-0.1, -0.05) is 353 Å². The van der Waals surface area contributed by atoms with E-state index in [1.165, 1.54) is 327 Å². The smallest absolute Gasteiger partial charge is 0.462 e. The SMILES string of the molecule is CCCCCCCCCC/C=C\CCCCCCCCCCCCCCCCCCCCCCCCCCCCCC(=O)OC(COC(=O)CCCCCCCCCCCCCCCCCCCCCC)COP(=O)(O)OCCN. The second-order valence-corrected chi connectivity index (χ2v) is 25.9. The van der Waals surface area contributed by atoms with Crippen molar-refractivity contribution in [1.29, 1.82) is 0 Å². The summed E-state index contributed by atoms with van der Waals surface area (Å²) in [7, 11) is -4.38. The third kappa shape index (κ3) is 65.9. The maximum atomic E-state index is 12.8. The predicted molar refractivity (Wildman–Crippen MR) is 345 cm³/mol. The summed E-state index contributed by atoms with van der Waals surface area (Å²) in [5.74, 6) is -0.800. The molecule has 0 heterocycles. The van der Waals surface area contributed by atoms with Gasteiger partial charge in [-0.25, -0.2) is 4.57 Å². The molecule has 9 nitrogen and oxygen atoms in total. The highest BCUT2D eigenvalue weighted by Crippen LogP contribution is 2.43. The summed E-state index contributed by atoms with van der Waals surface area (Å²) >= 11 is 0. The maximum absolute atomic E-state index is 12.8. The van der Waals surface area contributed by atoms with Crippen LogP contribution in [0.15, 0.2) is 12.2 Å². The van der Waals surface area contributed by atoms with Gasteiger partial charge in [-0.3, -0.25) is 18.6 Å². The van der Waals surface area contributed by atoms with Crippen LogP contribution in [0.2, 0.25) is 0 Å². The Morgan fingerprint density at radius 2 is 0.613 bits per heavy atom. The maximum Gasteiger partial charge on any atom is 0.472 e. The summed E-state index contributed by atoms with van der Waals surface area (Å²) < 4.78 is 33.2. The lowest BCUT2D eigenvalue weighted by Gasteiger charge is -2.19. The number of nitrogens with two attached hydrogens (primary N) is 1. The summed E-state index contributed by atoms with van der Waals surface area (Å²) in [6, 6.07) is 0. The average Bonchev–Trinajstić information content (AvgIpc) is 3.45. The average molecular weight is 1150 g/mol. The number of ether oxygens (including phenoxy) is 2. The molecule has 80 heavy (non-hydrogen) atoms. The van der Waals surface area contributed by atoms with E-state index in [-0.39, 0.29) is 38.6 Å². The van der Waals surface area contributed by atoms with Crippen molar-refractivity contribution in [3.05, 3.63) is 12.2 Å². The molecule has 0 fully saturated rings. The van der Waals surface area contributed by atoms with E-state index < -0.39 is 26.5 Å². The van der Waals surface area contributed by atoms with E-state index in [0.717, 1.165) is 32.1 Å². The minimum absolute atomic E-state index is 0.0581. The van der Waals surface area contributed by atoms with Crippen molar-refractivity contribution < 1.29 is 37.6 Å². The standard InChI is InChI=1S/C70H138NO8P/c1-3-5-7-9-11-13-15-17-19-21-23-25-26-27-28-29-30-31-32-33-34-35-36-37-38-39-40-41-42-43-45-47-49-51-53-55-57-59-61-63-70(73)79-68(67-78-80(74,75)77-65-64-71)66-76-69(72)62-60-58-56-54-52-50-48-46-44-24-22-20-18-16-14-12-10-8-6-4-2/h21,23,68H,3-20,22,24-67,71H2,1-2H3,(H,74,75)/b23-21-.